The molecule has 1 N–H and O–H groups in total. The average Bonchev–Trinajstić information content (AvgIpc) is 2.98. The number of halogens is 3. The molecule has 2 aromatic heterocycles. The largest absolute Gasteiger partial charge is 0.573 e. The molecule has 0 aliphatic rings. The van der Waals surface area contributed by atoms with E-state index in [9.17, 15) is 23.1 Å². The van der Waals surface area contributed by atoms with Gasteiger partial charge in [-0.15, -0.1) is 13.2 Å². The fraction of sp³-hybridized carbons (Fsp3) is 0.130. The van der Waals surface area contributed by atoms with Crippen molar-refractivity contribution in [1.29, 1.82) is 0 Å². The van der Waals surface area contributed by atoms with E-state index in [1.165, 1.54) is 16.7 Å². The number of para-hydroxylation sites is 1. The van der Waals surface area contributed by atoms with Crippen LogP contribution in [0.1, 0.15) is 11.3 Å². The van der Waals surface area contributed by atoms with Crippen LogP contribution in [0.3, 0.4) is 0 Å². The molecule has 0 aliphatic carbocycles. The molecule has 4 aromatic rings. The van der Waals surface area contributed by atoms with Crippen molar-refractivity contribution < 1.29 is 27.8 Å². The summed E-state index contributed by atoms with van der Waals surface area (Å²) in [6.07, 6.45) is -3.28. The van der Waals surface area contributed by atoms with Gasteiger partial charge < -0.3 is 14.6 Å². The first-order valence-electron chi connectivity index (χ1n) is 9.76. The van der Waals surface area contributed by atoms with Gasteiger partial charge in [0.05, 0.1) is 17.9 Å². The van der Waals surface area contributed by atoms with Gasteiger partial charge in [-0.2, -0.15) is 0 Å². The van der Waals surface area contributed by atoms with Crippen molar-refractivity contribution in [2.75, 3.05) is 0 Å². The topological polar surface area (TPSA) is 78.5 Å². The number of nitrogens with zero attached hydrogens (tertiary/aromatic N) is 3. The third-order valence-corrected chi connectivity index (χ3v) is 4.80. The number of ether oxygens (including phenoxy) is 2. The molecule has 170 valence electrons. The van der Waals surface area contributed by atoms with Gasteiger partial charge in [-0.25, -0.2) is 14.3 Å². The highest BCUT2D eigenvalue weighted by atomic mass is 19.4. The molecule has 2 aromatic carbocycles. The Kier molecular flexibility index (Phi) is 5.82. The number of alkyl halides is 3. The summed E-state index contributed by atoms with van der Waals surface area (Å²) in [6, 6.07) is 17.1. The lowest BCUT2D eigenvalue weighted by molar-refractivity contribution is -0.274. The number of benzene rings is 2. The molecule has 0 radical (unpaired) electrons. The van der Waals surface area contributed by atoms with Crippen molar-refractivity contribution in [3.05, 3.63) is 94.7 Å². The average molecular weight is 457 g/mol. The van der Waals surface area contributed by atoms with E-state index in [1.54, 1.807) is 37.4 Å². The van der Waals surface area contributed by atoms with Gasteiger partial charge in [0.2, 0.25) is 11.8 Å². The molecule has 0 atom stereocenters. The summed E-state index contributed by atoms with van der Waals surface area (Å²) in [4.78, 5) is 17.2. The Labute approximate surface area is 185 Å². The fourth-order valence-corrected chi connectivity index (χ4v) is 3.25. The zero-order valence-electron chi connectivity index (χ0n) is 17.3. The number of aromatic hydroxyl groups is 1. The Hall–Kier alpha value is -4.21. The van der Waals surface area contributed by atoms with Crippen LogP contribution in [0.4, 0.5) is 13.2 Å². The Morgan fingerprint density at radius 2 is 1.70 bits per heavy atom. The smallest absolute Gasteiger partial charge is 0.493 e. The molecule has 33 heavy (non-hydrogen) atoms. The van der Waals surface area contributed by atoms with Gasteiger partial charge in [0.25, 0.3) is 0 Å². The summed E-state index contributed by atoms with van der Waals surface area (Å²) in [5.41, 5.74) is 0.624. The Balaban J connectivity index is 1.60. The molecule has 0 spiro atoms. The third kappa shape index (κ3) is 5.00. The van der Waals surface area contributed by atoms with Crippen LogP contribution >= 0.6 is 0 Å². The molecule has 0 amide bonds. The van der Waals surface area contributed by atoms with Crippen molar-refractivity contribution >= 4 is 0 Å². The molecule has 0 fully saturated rings. The van der Waals surface area contributed by atoms with Crippen LogP contribution in [0, 0.1) is 6.92 Å². The lowest BCUT2D eigenvalue weighted by atomic mass is 10.2. The molecule has 7 nitrogen and oxygen atoms in total. The molecule has 0 aliphatic heterocycles. The first kappa shape index (κ1) is 22.0. The van der Waals surface area contributed by atoms with E-state index >= 15 is 0 Å². The Morgan fingerprint density at radius 1 is 1.00 bits per heavy atom. The standard InChI is InChI=1S/C23H18F3N3O4/c1-15-21(30)29(17-7-9-19(10-8-17)33-23(24,25)26)22(31)28(15)14-16-11-12-27-20(13-16)32-18-5-3-2-4-6-18/h2-13,30H,14H2,1H3. The monoisotopic (exact) mass is 457 g/mol. The van der Waals surface area contributed by atoms with Gasteiger partial charge in [-0.3, -0.25) is 4.57 Å². The minimum Gasteiger partial charge on any atom is -0.493 e. The van der Waals surface area contributed by atoms with Gasteiger partial charge in [0.15, 0.2) is 0 Å². The van der Waals surface area contributed by atoms with Gasteiger partial charge in [-0.05, 0) is 55.0 Å². The van der Waals surface area contributed by atoms with Crippen LogP contribution in [0.25, 0.3) is 5.69 Å². The summed E-state index contributed by atoms with van der Waals surface area (Å²) in [6.45, 7) is 1.69. The maximum Gasteiger partial charge on any atom is 0.573 e. The Morgan fingerprint density at radius 3 is 2.36 bits per heavy atom. The zero-order valence-corrected chi connectivity index (χ0v) is 17.3. The quantitative estimate of drug-likeness (QED) is 0.451. The lowest BCUT2D eigenvalue weighted by Gasteiger charge is -2.09. The molecule has 0 saturated heterocycles. The first-order valence-corrected chi connectivity index (χ1v) is 9.76. The predicted octanol–water partition coefficient (Wildman–Crippen LogP) is 4.79. The molecule has 2 heterocycles. The van der Waals surface area contributed by atoms with Crippen molar-refractivity contribution in [2.24, 2.45) is 0 Å². The van der Waals surface area contributed by atoms with Crippen molar-refractivity contribution in [3.63, 3.8) is 0 Å². The molecule has 10 heteroatoms. The van der Waals surface area contributed by atoms with Crippen molar-refractivity contribution in [1.82, 2.24) is 14.1 Å². The highest BCUT2D eigenvalue weighted by Gasteiger charge is 2.31. The van der Waals surface area contributed by atoms with Gasteiger partial charge in [0, 0.05) is 12.3 Å². The van der Waals surface area contributed by atoms with Gasteiger partial charge in [0.1, 0.15) is 11.5 Å². The second kappa shape index (κ2) is 8.73. The van der Waals surface area contributed by atoms with E-state index in [1.807, 2.05) is 18.2 Å². The summed E-state index contributed by atoms with van der Waals surface area (Å²) >= 11 is 0. The van der Waals surface area contributed by atoms with Crippen LogP contribution in [-0.4, -0.2) is 25.6 Å². The predicted molar refractivity (Wildman–Crippen MR) is 113 cm³/mol. The molecule has 0 saturated carbocycles. The minimum atomic E-state index is -4.83. The van der Waals surface area contributed by atoms with E-state index < -0.39 is 17.8 Å². The summed E-state index contributed by atoms with van der Waals surface area (Å²) in [5, 5.41) is 10.5. The summed E-state index contributed by atoms with van der Waals surface area (Å²) in [5.74, 6) is 0.197. The van der Waals surface area contributed by atoms with E-state index in [-0.39, 0.29) is 23.8 Å². The summed E-state index contributed by atoms with van der Waals surface area (Å²) < 4.78 is 49.0. The van der Waals surface area contributed by atoms with Crippen LogP contribution in [0.5, 0.6) is 23.3 Å². The molecule has 0 unspecified atom stereocenters. The normalized spacial score (nSPS) is 11.4. The van der Waals surface area contributed by atoms with Crippen LogP contribution < -0.4 is 15.2 Å². The number of rotatable bonds is 6. The maximum atomic E-state index is 13.0. The van der Waals surface area contributed by atoms with E-state index in [4.69, 9.17) is 4.74 Å². The number of hydrogen-bond donors (Lipinski definition) is 1. The van der Waals surface area contributed by atoms with E-state index in [0.29, 0.717) is 17.2 Å². The minimum absolute atomic E-state index is 0.119. The van der Waals surface area contributed by atoms with E-state index in [2.05, 4.69) is 9.72 Å². The SMILES string of the molecule is Cc1c(O)n(-c2ccc(OC(F)(F)F)cc2)c(=O)n1Cc1ccnc(Oc2ccccc2)c1. The second-order valence-electron chi connectivity index (χ2n) is 7.07. The van der Waals surface area contributed by atoms with Gasteiger partial charge in [-0.1, -0.05) is 18.2 Å². The number of hydrogen-bond acceptors (Lipinski definition) is 5. The number of aromatic nitrogens is 3. The second-order valence-corrected chi connectivity index (χ2v) is 7.07. The van der Waals surface area contributed by atoms with E-state index in [0.717, 1.165) is 16.7 Å². The summed E-state index contributed by atoms with van der Waals surface area (Å²) in [7, 11) is 0. The fourth-order valence-electron chi connectivity index (χ4n) is 3.25. The maximum absolute atomic E-state index is 13.0. The molecule has 4 rings (SSSR count). The first-order chi connectivity index (χ1) is 15.7. The third-order valence-electron chi connectivity index (χ3n) is 4.80. The number of imidazole rings is 1. The van der Waals surface area contributed by atoms with Crippen molar-refractivity contribution in [3.8, 4) is 28.9 Å². The molecular weight excluding hydrogens is 439 g/mol. The van der Waals surface area contributed by atoms with Gasteiger partial charge >= 0.3 is 12.1 Å². The molecular formula is C23H18F3N3O4. The van der Waals surface area contributed by atoms with Crippen LogP contribution in [-0.2, 0) is 6.54 Å². The van der Waals surface area contributed by atoms with Crippen LogP contribution in [0.2, 0.25) is 0 Å². The lowest BCUT2D eigenvalue weighted by Crippen LogP contribution is -2.24. The van der Waals surface area contributed by atoms with Crippen molar-refractivity contribution in [2.45, 2.75) is 19.8 Å². The highest BCUT2D eigenvalue weighted by molar-refractivity contribution is 5.42. The Bertz CT molecular complexity index is 1310. The molecule has 0 bridgehead atoms. The zero-order chi connectivity index (χ0) is 23.6. The van der Waals surface area contributed by atoms with Crippen LogP contribution in [0.15, 0.2) is 77.7 Å². The highest BCUT2D eigenvalue weighted by Crippen LogP contribution is 2.26. The number of pyridine rings is 1.